The van der Waals surface area contributed by atoms with E-state index >= 15 is 0 Å². The summed E-state index contributed by atoms with van der Waals surface area (Å²) in [4.78, 5) is 12.4. The molecule has 0 unspecified atom stereocenters. The SMILES string of the molecule is CCN(CC)S(=O)(=O)c1cc(C(=O)Oc2ccc(-c3nnco3)cc2)ccc1Cl. The van der Waals surface area contributed by atoms with Gasteiger partial charge in [0.25, 0.3) is 0 Å². The van der Waals surface area contributed by atoms with Gasteiger partial charge in [0.2, 0.25) is 22.3 Å². The molecule has 3 aromatic rings. The lowest BCUT2D eigenvalue weighted by Gasteiger charge is -2.19. The first kappa shape index (κ1) is 21.0. The normalized spacial score (nSPS) is 11.6. The number of ether oxygens (including phenoxy) is 1. The summed E-state index contributed by atoms with van der Waals surface area (Å²) in [6.07, 6.45) is 1.22. The third-order valence-corrected chi connectivity index (χ3v) is 6.69. The largest absolute Gasteiger partial charge is 0.423 e. The van der Waals surface area contributed by atoms with Crippen molar-refractivity contribution >= 4 is 27.6 Å². The first-order valence-electron chi connectivity index (χ1n) is 8.75. The Bertz CT molecular complexity index is 1100. The molecule has 0 aliphatic heterocycles. The number of rotatable bonds is 7. The summed E-state index contributed by atoms with van der Waals surface area (Å²) in [7, 11) is -3.82. The average molecular weight is 436 g/mol. The van der Waals surface area contributed by atoms with Crippen LogP contribution in [0.2, 0.25) is 5.02 Å². The third-order valence-electron chi connectivity index (χ3n) is 4.16. The fourth-order valence-corrected chi connectivity index (χ4v) is 4.62. The Balaban J connectivity index is 1.83. The van der Waals surface area contributed by atoms with E-state index in [1.54, 1.807) is 38.1 Å². The van der Waals surface area contributed by atoms with Crippen molar-refractivity contribution in [1.82, 2.24) is 14.5 Å². The van der Waals surface area contributed by atoms with Crippen molar-refractivity contribution in [3.63, 3.8) is 0 Å². The third kappa shape index (κ3) is 4.47. The average Bonchev–Trinajstić information content (AvgIpc) is 3.24. The Kier molecular flexibility index (Phi) is 6.31. The lowest BCUT2D eigenvalue weighted by molar-refractivity contribution is 0.0734. The molecule has 152 valence electrons. The van der Waals surface area contributed by atoms with Gasteiger partial charge in [-0.1, -0.05) is 25.4 Å². The summed E-state index contributed by atoms with van der Waals surface area (Å²) in [5.41, 5.74) is 0.738. The molecule has 0 aliphatic carbocycles. The monoisotopic (exact) mass is 435 g/mol. The Morgan fingerprint density at radius 2 is 1.83 bits per heavy atom. The van der Waals surface area contributed by atoms with Gasteiger partial charge >= 0.3 is 5.97 Å². The van der Waals surface area contributed by atoms with Crippen LogP contribution in [0.4, 0.5) is 0 Å². The Morgan fingerprint density at radius 3 is 2.41 bits per heavy atom. The van der Waals surface area contributed by atoms with E-state index in [9.17, 15) is 13.2 Å². The fourth-order valence-electron chi connectivity index (χ4n) is 2.66. The molecule has 10 heteroatoms. The van der Waals surface area contributed by atoms with Gasteiger partial charge in [0.05, 0.1) is 10.6 Å². The van der Waals surface area contributed by atoms with Crippen LogP contribution >= 0.6 is 11.6 Å². The molecule has 0 bridgehead atoms. The molecule has 0 atom stereocenters. The first-order valence-corrected chi connectivity index (χ1v) is 10.6. The maximum absolute atomic E-state index is 12.8. The molecule has 0 N–H and O–H groups in total. The summed E-state index contributed by atoms with van der Waals surface area (Å²) in [5, 5.41) is 7.44. The molecule has 0 saturated carbocycles. The smallest absolute Gasteiger partial charge is 0.343 e. The highest BCUT2D eigenvalue weighted by Gasteiger charge is 2.26. The highest BCUT2D eigenvalue weighted by Crippen LogP contribution is 2.27. The minimum atomic E-state index is -3.82. The number of esters is 1. The second-order valence-electron chi connectivity index (χ2n) is 5.89. The van der Waals surface area contributed by atoms with Crippen LogP contribution in [-0.2, 0) is 10.0 Å². The molecular formula is C19H18ClN3O5S. The number of benzene rings is 2. The summed E-state index contributed by atoms with van der Waals surface area (Å²) in [6.45, 7) is 4.03. The van der Waals surface area contributed by atoms with E-state index in [1.807, 2.05) is 0 Å². The molecule has 2 aromatic carbocycles. The quantitative estimate of drug-likeness (QED) is 0.412. The van der Waals surface area contributed by atoms with Gasteiger partial charge < -0.3 is 9.15 Å². The standard InChI is InChI=1S/C19H18ClN3O5S/c1-3-23(4-2)29(25,26)17-11-14(7-10-16(17)20)19(24)28-15-8-5-13(6-9-15)18-22-21-12-27-18/h5-12H,3-4H2,1-2H3. The lowest BCUT2D eigenvalue weighted by Crippen LogP contribution is -2.31. The maximum atomic E-state index is 12.8. The number of sulfonamides is 1. The summed E-state index contributed by atoms with van der Waals surface area (Å²) in [5.74, 6) is -0.0867. The van der Waals surface area contributed by atoms with Crippen molar-refractivity contribution in [2.45, 2.75) is 18.7 Å². The van der Waals surface area contributed by atoms with Gasteiger partial charge in [-0.3, -0.25) is 0 Å². The number of halogens is 1. The summed E-state index contributed by atoms with van der Waals surface area (Å²) in [6, 6.07) is 10.5. The molecule has 0 aliphatic rings. The van der Waals surface area contributed by atoms with Gasteiger partial charge in [-0.15, -0.1) is 10.2 Å². The van der Waals surface area contributed by atoms with Crippen LogP contribution in [0.15, 0.2) is 58.2 Å². The van der Waals surface area contributed by atoms with Crippen LogP contribution in [-0.4, -0.2) is 42.0 Å². The number of nitrogens with zero attached hydrogens (tertiary/aromatic N) is 3. The van der Waals surface area contributed by atoms with Crippen molar-refractivity contribution in [3.8, 4) is 17.2 Å². The van der Waals surface area contributed by atoms with Crippen LogP contribution < -0.4 is 4.74 Å². The first-order chi connectivity index (χ1) is 13.9. The molecule has 0 spiro atoms. The molecule has 29 heavy (non-hydrogen) atoms. The van der Waals surface area contributed by atoms with Crippen LogP contribution in [0.1, 0.15) is 24.2 Å². The van der Waals surface area contributed by atoms with Gasteiger partial charge in [0, 0.05) is 18.7 Å². The van der Waals surface area contributed by atoms with Crippen molar-refractivity contribution in [2.24, 2.45) is 0 Å². The molecule has 0 fully saturated rings. The van der Waals surface area contributed by atoms with Crippen molar-refractivity contribution < 1.29 is 22.4 Å². The molecule has 8 nitrogen and oxygen atoms in total. The second kappa shape index (κ2) is 8.73. The molecule has 1 aromatic heterocycles. The van der Waals surface area contributed by atoms with Crippen molar-refractivity contribution in [3.05, 3.63) is 59.4 Å². The molecule has 3 rings (SSSR count). The molecule has 0 amide bonds. The van der Waals surface area contributed by atoms with Gasteiger partial charge in [-0.05, 0) is 42.5 Å². The number of carbonyl (C=O) groups is 1. The predicted molar refractivity (Wildman–Crippen MR) is 106 cm³/mol. The van der Waals surface area contributed by atoms with Gasteiger partial charge in [-0.25, -0.2) is 13.2 Å². The van der Waals surface area contributed by atoms with E-state index in [0.29, 0.717) is 11.5 Å². The van der Waals surface area contributed by atoms with E-state index < -0.39 is 16.0 Å². The lowest BCUT2D eigenvalue weighted by atomic mass is 10.2. The minimum Gasteiger partial charge on any atom is -0.423 e. The summed E-state index contributed by atoms with van der Waals surface area (Å²) < 4.78 is 37.2. The van der Waals surface area contributed by atoms with Crippen molar-refractivity contribution in [1.29, 1.82) is 0 Å². The molecular weight excluding hydrogens is 418 g/mol. The topological polar surface area (TPSA) is 103 Å². The number of carbonyl (C=O) groups excluding carboxylic acids is 1. The van der Waals surface area contributed by atoms with Crippen LogP contribution in [0.25, 0.3) is 11.5 Å². The predicted octanol–water partition coefficient (Wildman–Crippen LogP) is 3.64. The van der Waals surface area contributed by atoms with Gasteiger partial charge in [0.15, 0.2) is 0 Å². The zero-order chi connectivity index (χ0) is 21.0. The van der Waals surface area contributed by atoms with Crippen LogP contribution in [0.3, 0.4) is 0 Å². The minimum absolute atomic E-state index is 0.0392. The number of hydrogen-bond acceptors (Lipinski definition) is 7. The van der Waals surface area contributed by atoms with E-state index in [4.69, 9.17) is 20.8 Å². The second-order valence-corrected chi connectivity index (χ2v) is 8.21. The van der Waals surface area contributed by atoms with Crippen LogP contribution in [0, 0.1) is 0 Å². The Morgan fingerprint density at radius 1 is 1.14 bits per heavy atom. The van der Waals surface area contributed by atoms with E-state index in [-0.39, 0.29) is 34.3 Å². The fraction of sp³-hybridized carbons (Fsp3) is 0.211. The van der Waals surface area contributed by atoms with Gasteiger partial charge in [0.1, 0.15) is 10.6 Å². The van der Waals surface area contributed by atoms with E-state index in [2.05, 4.69) is 10.2 Å². The number of hydrogen-bond donors (Lipinski definition) is 0. The maximum Gasteiger partial charge on any atom is 0.343 e. The zero-order valence-electron chi connectivity index (χ0n) is 15.7. The number of aromatic nitrogens is 2. The highest BCUT2D eigenvalue weighted by molar-refractivity contribution is 7.89. The summed E-state index contributed by atoms with van der Waals surface area (Å²) >= 11 is 6.09. The van der Waals surface area contributed by atoms with E-state index in [0.717, 1.165) is 0 Å². The molecule has 0 saturated heterocycles. The highest BCUT2D eigenvalue weighted by atomic mass is 35.5. The van der Waals surface area contributed by atoms with Crippen molar-refractivity contribution in [2.75, 3.05) is 13.1 Å². The van der Waals surface area contributed by atoms with E-state index in [1.165, 1.54) is 28.9 Å². The molecule has 1 heterocycles. The van der Waals surface area contributed by atoms with Crippen LogP contribution in [0.5, 0.6) is 5.75 Å². The Labute approximate surface area is 173 Å². The van der Waals surface area contributed by atoms with Gasteiger partial charge in [-0.2, -0.15) is 4.31 Å². The zero-order valence-corrected chi connectivity index (χ0v) is 17.3. The molecule has 0 radical (unpaired) electrons. The Hall–Kier alpha value is -2.75.